The Labute approximate surface area is 104 Å². The molecule has 0 aromatic heterocycles. The van der Waals surface area contributed by atoms with Crippen molar-refractivity contribution in [2.75, 3.05) is 0 Å². The third-order valence-corrected chi connectivity index (χ3v) is 2.31. The van der Waals surface area contributed by atoms with Crippen LogP contribution in [0.4, 0.5) is 0 Å². The maximum absolute atomic E-state index is 10.6. The van der Waals surface area contributed by atoms with Crippen LogP contribution < -0.4 is 34.7 Å². The fourth-order valence-electron chi connectivity index (χ4n) is 1.38. The first-order valence-corrected chi connectivity index (χ1v) is 4.09. The molecule has 3 nitrogen and oxygen atoms in total. The van der Waals surface area contributed by atoms with Crippen molar-refractivity contribution in [1.82, 2.24) is 0 Å². The van der Waals surface area contributed by atoms with Crippen molar-refractivity contribution in [3.05, 3.63) is 35.9 Å². The summed E-state index contributed by atoms with van der Waals surface area (Å²) in [5.74, 6) is -1.15. The van der Waals surface area contributed by atoms with Gasteiger partial charge in [-0.15, -0.1) is 0 Å². The molecule has 2 atom stereocenters. The van der Waals surface area contributed by atoms with Crippen LogP contribution in [0.25, 0.3) is 0 Å². The third-order valence-electron chi connectivity index (χ3n) is 2.31. The van der Waals surface area contributed by atoms with Crippen LogP contribution >= 0.6 is 0 Å². The van der Waals surface area contributed by atoms with E-state index in [1.54, 1.807) is 0 Å². The van der Waals surface area contributed by atoms with Crippen LogP contribution in [0.15, 0.2) is 30.3 Å². The van der Waals surface area contributed by atoms with Gasteiger partial charge in [-0.1, -0.05) is 30.3 Å². The number of carboxylic acid groups (broad SMARTS) is 1. The summed E-state index contributed by atoms with van der Waals surface area (Å²) in [5.41, 5.74) is -0.240. The van der Waals surface area contributed by atoms with Crippen LogP contribution in [0.1, 0.15) is 18.6 Å². The normalized spacial score (nSPS) is 29.1. The van der Waals surface area contributed by atoms with E-state index in [2.05, 4.69) is 0 Å². The summed E-state index contributed by atoms with van der Waals surface area (Å²) in [6.07, 6.45) is -0.348. The number of hydrogen-bond acceptors (Lipinski definition) is 3. The van der Waals surface area contributed by atoms with E-state index in [1.807, 2.05) is 30.3 Å². The second-order valence-electron chi connectivity index (χ2n) is 3.30. The van der Waals surface area contributed by atoms with Crippen molar-refractivity contribution in [3.8, 4) is 0 Å². The predicted octanol–water partition coefficient (Wildman–Crippen LogP) is -2.73. The standard InChI is InChI=1S/C10H10O3.Na/c1-10(9(11)12)8(13-10)7-5-3-2-4-6-7;/h2-6,8H,1H3,(H,11,12);/q;+1/p-1. The minimum Gasteiger partial charge on any atom is -0.547 e. The van der Waals surface area contributed by atoms with Gasteiger partial charge in [0.15, 0.2) is 0 Å². The predicted molar refractivity (Wildman–Crippen MR) is 43.7 cm³/mol. The molecule has 0 amide bonds. The Balaban J connectivity index is 0.000000980. The molecule has 0 aliphatic carbocycles. The molecule has 0 spiro atoms. The molecule has 68 valence electrons. The van der Waals surface area contributed by atoms with Gasteiger partial charge in [-0.05, 0) is 12.5 Å². The molecule has 0 saturated carbocycles. The molecule has 1 aliphatic rings. The van der Waals surface area contributed by atoms with E-state index in [0.29, 0.717) is 0 Å². The van der Waals surface area contributed by atoms with Crippen molar-refractivity contribution in [2.24, 2.45) is 0 Å². The van der Waals surface area contributed by atoms with Crippen molar-refractivity contribution in [1.29, 1.82) is 0 Å². The number of benzene rings is 1. The average molecular weight is 200 g/mol. The number of aliphatic carboxylic acids is 1. The molecule has 14 heavy (non-hydrogen) atoms. The minimum atomic E-state index is -1.15. The summed E-state index contributed by atoms with van der Waals surface area (Å²) in [7, 11) is 0. The summed E-state index contributed by atoms with van der Waals surface area (Å²) in [6, 6.07) is 9.28. The fourth-order valence-corrected chi connectivity index (χ4v) is 1.38. The first-order chi connectivity index (χ1) is 6.14. The zero-order chi connectivity index (χ0) is 9.47. The van der Waals surface area contributed by atoms with E-state index < -0.39 is 11.6 Å². The second-order valence-corrected chi connectivity index (χ2v) is 3.30. The Morgan fingerprint density at radius 1 is 1.43 bits per heavy atom. The smallest absolute Gasteiger partial charge is 0.547 e. The van der Waals surface area contributed by atoms with Crippen LogP contribution in [-0.2, 0) is 9.53 Å². The first kappa shape index (κ1) is 11.7. The molecule has 0 radical (unpaired) electrons. The van der Waals surface area contributed by atoms with Gasteiger partial charge < -0.3 is 14.6 Å². The molecule has 2 unspecified atom stereocenters. The molecule has 1 aliphatic heterocycles. The summed E-state index contributed by atoms with van der Waals surface area (Å²) >= 11 is 0. The van der Waals surface area contributed by atoms with E-state index in [0.717, 1.165) is 5.56 Å². The summed E-state index contributed by atoms with van der Waals surface area (Å²) in [5, 5.41) is 10.6. The van der Waals surface area contributed by atoms with Gasteiger partial charge in [-0.3, -0.25) is 0 Å². The van der Waals surface area contributed by atoms with E-state index >= 15 is 0 Å². The van der Waals surface area contributed by atoms with Gasteiger partial charge in [0.1, 0.15) is 11.7 Å². The summed E-state index contributed by atoms with van der Waals surface area (Å²) in [6.45, 7) is 1.53. The van der Waals surface area contributed by atoms with E-state index in [4.69, 9.17) is 4.74 Å². The van der Waals surface area contributed by atoms with Crippen molar-refractivity contribution < 1.29 is 44.2 Å². The van der Waals surface area contributed by atoms with Gasteiger partial charge in [0.05, 0.1) is 5.97 Å². The molecule has 1 heterocycles. The molecule has 1 saturated heterocycles. The SMILES string of the molecule is CC1(C(=O)[O-])OC1c1ccccc1.[Na+]. The average Bonchev–Trinajstić information content (AvgIpc) is 2.81. The van der Waals surface area contributed by atoms with Crippen LogP contribution in [0.3, 0.4) is 0 Å². The zero-order valence-corrected chi connectivity index (χ0v) is 10.2. The Morgan fingerprint density at radius 3 is 2.43 bits per heavy atom. The molecular formula is C10H9NaO3. The Hall–Kier alpha value is -0.350. The number of epoxide rings is 1. The molecule has 4 heteroatoms. The van der Waals surface area contributed by atoms with Crippen LogP contribution in [-0.4, -0.2) is 11.6 Å². The second kappa shape index (κ2) is 4.03. The largest absolute Gasteiger partial charge is 1.00 e. The summed E-state index contributed by atoms with van der Waals surface area (Å²) in [4.78, 5) is 10.6. The van der Waals surface area contributed by atoms with E-state index in [1.165, 1.54) is 6.92 Å². The van der Waals surface area contributed by atoms with Crippen molar-refractivity contribution in [3.63, 3.8) is 0 Å². The monoisotopic (exact) mass is 200 g/mol. The van der Waals surface area contributed by atoms with Crippen LogP contribution in [0.5, 0.6) is 0 Å². The third kappa shape index (κ3) is 1.86. The van der Waals surface area contributed by atoms with Gasteiger partial charge in [0, 0.05) is 0 Å². The number of carbonyl (C=O) groups is 1. The van der Waals surface area contributed by atoms with Gasteiger partial charge in [-0.2, -0.15) is 0 Å². The number of carbonyl (C=O) groups excluding carboxylic acids is 1. The van der Waals surface area contributed by atoms with Gasteiger partial charge in [-0.25, -0.2) is 0 Å². The number of hydrogen-bond donors (Lipinski definition) is 0. The zero-order valence-electron chi connectivity index (χ0n) is 8.19. The summed E-state index contributed by atoms with van der Waals surface area (Å²) < 4.78 is 5.09. The molecular weight excluding hydrogens is 191 g/mol. The molecule has 2 rings (SSSR count). The molecule has 0 bridgehead atoms. The number of ether oxygens (including phenoxy) is 1. The van der Waals surface area contributed by atoms with Gasteiger partial charge in [0.25, 0.3) is 0 Å². The van der Waals surface area contributed by atoms with Gasteiger partial charge in [0.2, 0.25) is 0 Å². The minimum absolute atomic E-state index is 0. The fraction of sp³-hybridized carbons (Fsp3) is 0.300. The Morgan fingerprint density at radius 2 is 2.00 bits per heavy atom. The topological polar surface area (TPSA) is 52.7 Å². The maximum Gasteiger partial charge on any atom is 1.00 e. The molecule has 1 fully saturated rings. The van der Waals surface area contributed by atoms with E-state index in [9.17, 15) is 9.90 Å². The van der Waals surface area contributed by atoms with E-state index in [-0.39, 0.29) is 35.7 Å². The molecule has 1 aromatic rings. The quantitative estimate of drug-likeness (QED) is 0.385. The Kier molecular flexibility index (Phi) is 3.37. The first-order valence-electron chi connectivity index (χ1n) is 4.09. The van der Waals surface area contributed by atoms with Crippen molar-refractivity contribution in [2.45, 2.75) is 18.6 Å². The van der Waals surface area contributed by atoms with Crippen molar-refractivity contribution >= 4 is 5.97 Å². The molecule has 1 aromatic carbocycles. The van der Waals surface area contributed by atoms with Crippen LogP contribution in [0.2, 0.25) is 0 Å². The molecule has 0 N–H and O–H groups in total. The number of carboxylic acids is 1. The van der Waals surface area contributed by atoms with Crippen LogP contribution in [0, 0.1) is 0 Å². The number of rotatable bonds is 2. The Bertz CT molecular complexity index is 338. The maximum atomic E-state index is 10.6. The van der Waals surface area contributed by atoms with Gasteiger partial charge >= 0.3 is 29.6 Å².